The van der Waals surface area contributed by atoms with Crippen molar-refractivity contribution < 1.29 is 4.57 Å². The SMILES string of the molecule is C=Cc1ccc(-c2cc3ccccc3c[n+]2C)c(C)c1/C=C\C. The topological polar surface area (TPSA) is 3.88 Å². The van der Waals surface area contributed by atoms with Gasteiger partial charge in [-0.2, -0.15) is 0 Å². The number of hydrogen-bond acceptors (Lipinski definition) is 0. The lowest BCUT2D eigenvalue weighted by Crippen LogP contribution is -2.30. The van der Waals surface area contributed by atoms with Crippen molar-refractivity contribution in [3.8, 4) is 11.3 Å². The highest BCUT2D eigenvalue weighted by Crippen LogP contribution is 2.29. The van der Waals surface area contributed by atoms with E-state index in [4.69, 9.17) is 0 Å². The van der Waals surface area contributed by atoms with Gasteiger partial charge in [0.1, 0.15) is 7.05 Å². The quantitative estimate of drug-likeness (QED) is 0.577. The van der Waals surface area contributed by atoms with Crippen molar-refractivity contribution in [3.05, 3.63) is 78.0 Å². The van der Waals surface area contributed by atoms with Crippen molar-refractivity contribution in [1.29, 1.82) is 0 Å². The Balaban J connectivity index is 2.28. The Morgan fingerprint density at radius 1 is 1.04 bits per heavy atom. The number of benzene rings is 2. The summed E-state index contributed by atoms with van der Waals surface area (Å²) in [5.41, 5.74) is 6.19. The molecule has 1 aromatic heterocycles. The van der Waals surface area contributed by atoms with Gasteiger partial charge in [0.2, 0.25) is 5.69 Å². The van der Waals surface area contributed by atoms with Gasteiger partial charge in [-0.15, -0.1) is 0 Å². The molecule has 0 aliphatic heterocycles. The molecule has 0 fully saturated rings. The Bertz CT molecular complexity index is 917. The molecular formula is C22H22N+. The summed E-state index contributed by atoms with van der Waals surface area (Å²) < 4.78 is 2.21. The van der Waals surface area contributed by atoms with Gasteiger partial charge in [0.05, 0.1) is 0 Å². The third-order valence-electron chi connectivity index (χ3n) is 4.38. The van der Waals surface area contributed by atoms with Crippen molar-refractivity contribution in [1.82, 2.24) is 0 Å². The number of fused-ring (bicyclic) bond motifs is 1. The highest BCUT2D eigenvalue weighted by atomic mass is 14.9. The Labute approximate surface area is 138 Å². The molecule has 0 aliphatic carbocycles. The Kier molecular flexibility index (Phi) is 4.12. The van der Waals surface area contributed by atoms with Crippen LogP contribution in [0.25, 0.3) is 34.2 Å². The van der Waals surface area contributed by atoms with Gasteiger partial charge < -0.3 is 0 Å². The molecule has 0 saturated heterocycles. The van der Waals surface area contributed by atoms with Gasteiger partial charge in [0, 0.05) is 17.0 Å². The van der Waals surface area contributed by atoms with Crippen molar-refractivity contribution >= 4 is 22.9 Å². The zero-order valence-electron chi connectivity index (χ0n) is 14.0. The summed E-state index contributed by atoms with van der Waals surface area (Å²) in [6.07, 6.45) is 8.36. The summed E-state index contributed by atoms with van der Waals surface area (Å²) in [7, 11) is 2.11. The molecule has 114 valence electrons. The van der Waals surface area contributed by atoms with E-state index >= 15 is 0 Å². The number of allylic oxidation sites excluding steroid dienone is 1. The highest BCUT2D eigenvalue weighted by molar-refractivity contribution is 5.85. The second-order valence-corrected chi connectivity index (χ2v) is 5.84. The van der Waals surface area contributed by atoms with E-state index in [2.05, 4.69) is 92.9 Å². The van der Waals surface area contributed by atoms with Gasteiger partial charge in [-0.1, -0.05) is 49.1 Å². The molecule has 0 aliphatic rings. The normalized spacial score (nSPS) is 11.3. The van der Waals surface area contributed by atoms with E-state index in [1.165, 1.54) is 38.7 Å². The van der Waals surface area contributed by atoms with E-state index in [-0.39, 0.29) is 0 Å². The van der Waals surface area contributed by atoms with Crippen LogP contribution in [-0.2, 0) is 7.05 Å². The number of aryl methyl sites for hydroxylation is 1. The predicted molar refractivity (Wildman–Crippen MR) is 100 cm³/mol. The lowest BCUT2D eigenvalue weighted by atomic mass is 9.94. The molecular weight excluding hydrogens is 278 g/mol. The van der Waals surface area contributed by atoms with Crippen LogP contribution in [0.4, 0.5) is 0 Å². The zero-order chi connectivity index (χ0) is 16.4. The highest BCUT2D eigenvalue weighted by Gasteiger charge is 2.16. The van der Waals surface area contributed by atoms with Gasteiger partial charge in [0.15, 0.2) is 6.20 Å². The largest absolute Gasteiger partial charge is 0.213 e. The molecule has 0 bridgehead atoms. The fraction of sp³-hybridized carbons (Fsp3) is 0.136. The predicted octanol–water partition coefficient (Wildman–Crippen LogP) is 5.32. The summed E-state index contributed by atoms with van der Waals surface area (Å²) in [6, 6.07) is 15.1. The summed E-state index contributed by atoms with van der Waals surface area (Å²) in [5, 5.41) is 2.52. The molecule has 3 rings (SSSR count). The average molecular weight is 300 g/mol. The van der Waals surface area contributed by atoms with E-state index in [0.717, 1.165) is 0 Å². The van der Waals surface area contributed by atoms with E-state index < -0.39 is 0 Å². The first-order chi connectivity index (χ1) is 11.2. The van der Waals surface area contributed by atoms with Crippen LogP contribution in [0.3, 0.4) is 0 Å². The first-order valence-electron chi connectivity index (χ1n) is 7.93. The van der Waals surface area contributed by atoms with Crippen LogP contribution in [-0.4, -0.2) is 0 Å². The number of pyridine rings is 1. The van der Waals surface area contributed by atoms with Crippen LogP contribution < -0.4 is 4.57 Å². The fourth-order valence-electron chi connectivity index (χ4n) is 3.15. The van der Waals surface area contributed by atoms with E-state index in [9.17, 15) is 0 Å². The van der Waals surface area contributed by atoms with E-state index in [0.29, 0.717) is 0 Å². The average Bonchev–Trinajstić information content (AvgIpc) is 2.56. The number of nitrogens with zero attached hydrogens (tertiary/aromatic N) is 1. The minimum absolute atomic E-state index is 1.17. The fourth-order valence-corrected chi connectivity index (χ4v) is 3.15. The third kappa shape index (κ3) is 2.70. The summed E-state index contributed by atoms with van der Waals surface area (Å²) in [6.45, 7) is 8.17. The maximum absolute atomic E-state index is 3.94. The molecule has 0 atom stereocenters. The maximum atomic E-state index is 3.94. The molecule has 0 radical (unpaired) electrons. The molecule has 1 heterocycles. The minimum Gasteiger partial charge on any atom is -0.200 e. The van der Waals surface area contributed by atoms with Crippen molar-refractivity contribution in [2.45, 2.75) is 13.8 Å². The Morgan fingerprint density at radius 3 is 2.48 bits per heavy atom. The van der Waals surface area contributed by atoms with Crippen LogP contribution in [0.2, 0.25) is 0 Å². The summed E-state index contributed by atoms with van der Waals surface area (Å²) >= 11 is 0. The Morgan fingerprint density at radius 2 is 1.78 bits per heavy atom. The van der Waals surface area contributed by atoms with Gasteiger partial charge in [-0.25, -0.2) is 4.57 Å². The molecule has 0 N–H and O–H groups in total. The van der Waals surface area contributed by atoms with Gasteiger partial charge in [0.25, 0.3) is 0 Å². The monoisotopic (exact) mass is 300 g/mol. The second kappa shape index (κ2) is 6.21. The van der Waals surface area contributed by atoms with Crippen molar-refractivity contribution in [3.63, 3.8) is 0 Å². The lowest BCUT2D eigenvalue weighted by Gasteiger charge is -2.11. The van der Waals surface area contributed by atoms with E-state index in [1.807, 2.05) is 6.08 Å². The molecule has 1 heteroatoms. The smallest absolute Gasteiger partial charge is 0.200 e. The standard InChI is InChI=1S/C22H22N/c1-5-9-20-16(3)21(13-12-17(20)6-2)22-14-18-10-7-8-11-19(18)15-23(22)4/h5-15H,2H2,1,3-4H3/q+1/b9-5-. The van der Waals surface area contributed by atoms with Crippen LogP contribution in [0.15, 0.2) is 61.3 Å². The molecule has 23 heavy (non-hydrogen) atoms. The van der Waals surface area contributed by atoms with Crippen LogP contribution in [0, 0.1) is 6.92 Å². The molecule has 0 saturated carbocycles. The number of aromatic nitrogens is 1. The van der Waals surface area contributed by atoms with Crippen LogP contribution >= 0.6 is 0 Å². The van der Waals surface area contributed by atoms with E-state index in [1.54, 1.807) is 0 Å². The molecule has 0 amide bonds. The molecule has 2 aromatic carbocycles. The Hall–Kier alpha value is -2.67. The van der Waals surface area contributed by atoms with Crippen molar-refractivity contribution in [2.24, 2.45) is 7.05 Å². The molecule has 0 unspecified atom stereocenters. The third-order valence-corrected chi connectivity index (χ3v) is 4.38. The summed E-state index contributed by atoms with van der Waals surface area (Å²) in [4.78, 5) is 0. The molecule has 0 spiro atoms. The van der Waals surface area contributed by atoms with Gasteiger partial charge in [-0.3, -0.25) is 0 Å². The van der Waals surface area contributed by atoms with Crippen LogP contribution in [0.1, 0.15) is 23.6 Å². The van der Waals surface area contributed by atoms with Crippen molar-refractivity contribution in [2.75, 3.05) is 0 Å². The minimum atomic E-state index is 1.17. The number of hydrogen-bond donors (Lipinski definition) is 0. The first-order valence-corrected chi connectivity index (χ1v) is 7.93. The second-order valence-electron chi connectivity index (χ2n) is 5.84. The van der Waals surface area contributed by atoms with Crippen LogP contribution in [0.5, 0.6) is 0 Å². The summed E-state index contributed by atoms with van der Waals surface area (Å²) in [5.74, 6) is 0. The van der Waals surface area contributed by atoms with Gasteiger partial charge >= 0.3 is 0 Å². The molecule has 3 aromatic rings. The maximum Gasteiger partial charge on any atom is 0.213 e. The van der Waals surface area contributed by atoms with Gasteiger partial charge in [-0.05, 0) is 48.1 Å². The first kappa shape index (κ1) is 15.2. The number of rotatable bonds is 3. The lowest BCUT2D eigenvalue weighted by molar-refractivity contribution is -0.659. The molecule has 1 nitrogen and oxygen atoms in total. The zero-order valence-corrected chi connectivity index (χ0v) is 14.0.